The monoisotopic (exact) mass is 457 g/mol. The zero-order chi connectivity index (χ0) is 24.1. The van der Waals surface area contributed by atoms with Gasteiger partial charge in [0.05, 0.1) is 13.2 Å². The fourth-order valence-corrected chi connectivity index (χ4v) is 2.59. The highest BCUT2D eigenvalue weighted by atomic mass is 16.6. The first kappa shape index (κ1) is 25.7. The molecule has 9 heteroatoms. The number of amides is 3. The van der Waals surface area contributed by atoms with Crippen molar-refractivity contribution < 1.29 is 28.6 Å². The minimum Gasteiger partial charge on any atom is -0.460 e. The van der Waals surface area contributed by atoms with Crippen LogP contribution in [0.3, 0.4) is 0 Å². The fraction of sp³-hybridized carbons (Fsp3) is 0.375. The van der Waals surface area contributed by atoms with E-state index >= 15 is 0 Å². The maximum absolute atomic E-state index is 12.3. The molecule has 0 fully saturated rings. The average Bonchev–Trinajstić information content (AvgIpc) is 2.76. The van der Waals surface area contributed by atoms with Gasteiger partial charge in [0, 0.05) is 0 Å². The van der Waals surface area contributed by atoms with Gasteiger partial charge in [0.25, 0.3) is 0 Å². The van der Waals surface area contributed by atoms with Crippen LogP contribution in [0.1, 0.15) is 31.9 Å². The molecule has 9 nitrogen and oxygen atoms in total. The first-order valence-electron chi connectivity index (χ1n) is 10.6. The van der Waals surface area contributed by atoms with E-state index in [-0.39, 0.29) is 19.8 Å². The third-order valence-electron chi connectivity index (χ3n) is 4.03. The Kier molecular flexibility index (Phi) is 10.2. The number of benzene rings is 2. The molecular weight excluding hydrogens is 426 g/mol. The van der Waals surface area contributed by atoms with Crippen molar-refractivity contribution in [2.45, 2.75) is 45.8 Å². The number of carbonyl (C=O) groups excluding carboxylic acids is 3. The molecule has 0 aliphatic heterocycles. The summed E-state index contributed by atoms with van der Waals surface area (Å²) in [6, 6.07) is 18.0. The molecular formula is C24H31N3O6. The van der Waals surface area contributed by atoms with Gasteiger partial charge in [-0.15, -0.1) is 0 Å². The number of esters is 1. The minimum absolute atomic E-state index is 0.0139. The molecule has 0 bridgehead atoms. The molecule has 1 atom stereocenters. The molecule has 0 heterocycles. The zero-order valence-corrected chi connectivity index (χ0v) is 19.1. The lowest BCUT2D eigenvalue weighted by Gasteiger charge is -2.24. The van der Waals surface area contributed by atoms with Crippen LogP contribution in [-0.2, 0) is 32.2 Å². The molecule has 2 aromatic carbocycles. The van der Waals surface area contributed by atoms with E-state index in [0.717, 1.165) is 11.1 Å². The number of nitrogens with one attached hydrogen (secondary N) is 3. The summed E-state index contributed by atoms with van der Waals surface area (Å²) in [5.74, 6) is -0.592. The van der Waals surface area contributed by atoms with Crippen molar-refractivity contribution in [2.75, 3.05) is 13.2 Å². The molecule has 2 aromatic rings. The molecule has 178 valence electrons. The van der Waals surface area contributed by atoms with Crippen molar-refractivity contribution >= 4 is 18.1 Å². The molecule has 0 spiro atoms. The summed E-state index contributed by atoms with van der Waals surface area (Å²) in [5.41, 5.74) is 1.08. The summed E-state index contributed by atoms with van der Waals surface area (Å²) in [7, 11) is 0. The lowest BCUT2D eigenvalue weighted by atomic mass is 10.2. The lowest BCUT2D eigenvalue weighted by Crippen LogP contribution is -2.54. The summed E-state index contributed by atoms with van der Waals surface area (Å²) in [6.07, 6.45) is -1.60. The van der Waals surface area contributed by atoms with E-state index < -0.39 is 29.9 Å². The molecule has 0 radical (unpaired) electrons. The first-order chi connectivity index (χ1) is 15.7. The van der Waals surface area contributed by atoms with Gasteiger partial charge in [0.2, 0.25) is 0 Å². The Morgan fingerprint density at radius 1 is 0.848 bits per heavy atom. The average molecular weight is 458 g/mol. The van der Waals surface area contributed by atoms with Crippen molar-refractivity contribution in [3.63, 3.8) is 0 Å². The number of hydrogen-bond acceptors (Lipinski definition) is 6. The smallest absolute Gasteiger partial charge is 0.409 e. The van der Waals surface area contributed by atoms with Crippen LogP contribution in [0, 0.1) is 0 Å². The largest absolute Gasteiger partial charge is 0.460 e. The normalized spacial score (nSPS) is 11.7. The standard InChI is InChI=1S/C24H31N3O6/c1-24(2,3)33-23(30)27-20(17-31-15-18-10-6-4-7-11-18)26-22(29)25-14-21(28)32-16-19-12-8-5-9-13-19/h4-13,20H,14-17H2,1-3H3,(H,27,30)(H2,25,26,29)/t20-/m0/s1. The van der Waals surface area contributed by atoms with Gasteiger partial charge in [0.15, 0.2) is 0 Å². The summed E-state index contributed by atoms with van der Waals surface area (Å²) in [6.45, 7) is 5.25. The van der Waals surface area contributed by atoms with E-state index in [4.69, 9.17) is 14.2 Å². The van der Waals surface area contributed by atoms with Crippen LogP contribution in [-0.4, -0.2) is 43.0 Å². The van der Waals surface area contributed by atoms with E-state index in [2.05, 4.69) is 16.0 Å². The van der Waals surface area contributed by atoms with E-state index in [1.54, 1.807) is 20.8 Å². The van der Waals surface area contributed by atoms with Gasteiger partial charge >= 0.3 is 18.1 Å². The zero-order valence-electron chi connectivity index (χ0n) is 19.1. The number of urea groups is 1. The van der Waals surface area contributed by atoms with Crippen LogP contribution in [0.15, 0.2) is 60.7 Å². The molecule has 3 N–H and O–H groups in total. The Labute approximate surface area is 193 Å². The van der Waals surface area contributed by atoms with Crippen LogP contribution >= 0.6 is 0 Å². The third-order valence-corrected chi connectivity index (χ3v) is 4.03. The Bertz CT molecular complexity index is 884. The SMILES string of the molecule is CC(C)(C)OC(=O)N[C@@H](COCc1ccccc1)NC(=O)NCC(=O)OCc1ccccc1. The maximum Gasteiger partial charge on any atom is 0.409 e. The molecule has 2 rings (SSSR count). The van der Waals surface area contributed by atoms with Gasteiger partial charge in [-0.1, -0.05) is 60.7 Å². The number of ether oxygens (including phenoxy) is 3. The third kappa shape index (κ3) is 11.6. The Balaban J connectivity index is 1.81. The van der Waals surface area contributed by atoms with Gasteiger partial charge in [-0.2, -0.15) is 0 Å². The number of rotatable bonds is 10. The molecule has 0 unspecified atom stereocenters. The Morgan fingerprint density at radius 2 is 1.42 bits per heavy atom. The highest BCUT2D eigenvalue weighted by Gasteiger charge is 2.21. The predicted octanol–water partition coefficient (Wildman–Crippen LogP) is 3.10. The van der Waals surface area contributed by atoms with Gasteiger partial charge in [-0.05, 0) is 31.9 Å². The van der Waals surface area contributed by atoms with E-state index in [1.807, 2.05) is 60.7 Å². The van der Waals surface area contributed by atoms with Crippen LogP contribution in [0.25, 0.3) is 0 Å². The quantitative estimate of drug-likeness (QED) is 0.373. The molecule has 3 amide bonds. The Hall–Kier alpha value is -3.59. The molecule has 0 aliphatic rings. The molecule has 33 heavy (non-hydrogen) atoms. The Morgan fingerprint density at radius 3 is 2.00 bits per heavy atom. The highest BCUT2D eigenvalue weighted by molar-refractivity contribution is 5.81. The fourth-order valence-electron chi connectivity index (χ4n) is 2.59. The van der Waals surface area contributed by atoms with Crippen molar-refractivity contribution in [3.05, 3.63) is 71.8 Å². The number of hydrogen-bond donors (Lipinski definition) is 3. The van der Waals surface area contributed by atoms with Crippen molar-refractivity contribution in [1.29, 1.82) is 0 Å². The second-order valence-electron chi connectivity index (χ2n) is 8.17. The number of carbonyl (C=O) groups is 3. The summed E-state index contributed by atoms with van der Waals surface area (Å²) in [4.78, 5) is 36.3. The van der Waals surface area contributed by atoms with E-state index in [1.165, 1.54) is 0 Å². The van der Waals surface area contributed by atoms with Gasteiger partial charge in [-0.25, -0.2) is 9.59 Å². The summed E-state index contributed by atoms with van der Waals surface area (Å²) in [5, 5.41) is 7.51. The lowest BCUT2D eigenvalue weighted by molar-refractivity contribution is -0.143. The summed E-state index contributed by atoms with van der Waals surface area (Å²) >= 11 is 0. The van der Waals surface area contributed by atoms with Crippen LogP contribution in [0.2, 0.25) is 0 Å². The number of alkyl carbamates (subject to hydrolysis) is 1. The summed E-state index contributed by atoms with van der Waals surface area (Å²) < 4.78 is 16.0. The van der Waals surface area contributed by atoms with Gasteiger partial charge < -0.3 is 24.8 Å². The molecule has 0 aliphatic carbocycles. The van der Waals surface area contributed by atoms with Crippen molar-refractivity contribution in [3.8, 4) is 0 Å². The van der Waals surface area contributed by atoms with Gasteiger partial charge in [0.1, 0.15) is 24.9 Å². The van der Waals surface area contributed by atoms with E-state index in [9.17, 15) is 14.4 Å². The van der Waals surface area contributed by atoms with Crippen LogP contribution in [0.5, 0.6) is 0 Å². The second-order valence-corrected chi connectivity index (χ2v) is 8.17. The first-order valence-corrected chi connectivity index (χ1v) is 10.6. The van der Waals surface area contributed by atoms with Crippen LogP contribution in [0.4, 0.5) is 9.59 Å². The van der Waals surface area contributed by atoms with Crippen molar-refractivity contribution in [2.24, 2.45) is 0 Å². The minimum atomic E-state index is -0.885. The highest BCUT2D eigenvalue weighted by Crippen LogP contribution is 2.07. The maximum atomic E-state index is 12.3. The van der Waals surface area contributed by atoms with Gasteiger partial charge in [-0.3, -0.25) is 10.1 Å². The van der Waals surface area contributed by atoms with Crippen LogP contribution < -0.4 is 16.0 Å². The molecule has 0 saturated carbocycles. The van der Waals surface area contributed by atoms with E-state index in [0.29, 0.717) is 6.61 Å². The topological polar surface area (TPSA) is 115 Å². The predicted molar refractivity (Wildman–Crippen MR) is 122 cm³/mol. The van der Waals surface area contributed by atoms with Crippen molar-refractivity contribution in [1.82, 2.24) is 16.0 Å². The molecule has 0 aromatic heterocycles. The molecule has 0 saturated heterocycles. The second kappa shape index (κ2) is 13.1.